The summed E-state index contributed by atoms with van der Waals surface area (Å²) in [6, 6.07) is 0. The van der Waals surface area contributed by atoms with Crippen molar-refractivity contribution in [1.82, 2.24) is 0 Å². The van der Waals surface area contributed by atoms with Crippen LogP contribution in [0, 0.1) is 17.3 Å². The third-order valence-corrected chi connectivity index (χ3v) is 3.87. The first-order chi connectivity index (χ1) is 7.44. The third-order valence-electron chi connectivity index (χ3n) is 3.87. The van der Waals surface area contributed by atoms with Crippen LogP contribution >= 0.6 is 0 Å². The number of carboxylic acids is 2. The van der Waals surface area contributed by atoms with E-state index in [0.29, 0.717) is 0 Å². The van der Waals surface area contributed by atoms with Crippen LogP contribution in [0.3, 0.4) is 0 Å². The quantitative estimate of drug-likeness (QED) is 0.596. The van der Waals surface area contributed by atoms with Gasteiger partial charge in [0, 0.05) is 0 Å². The van der Waals surface area contributed by atoms with E-state index in [1.807, 2.05) is 0 Å². The van der Waals surface area contributed by atoms with Crippen LogP contribution < -0.4 is 0 Å². The summed E-state index contributed by atoms with van der Waals surface area (Å²) in [6.45, 7) is 3.38. The van der Waals surface area contributed by atoms with Gasteiger partial charge in [0.2, 0.25) is 0 Å². The fourth-order valence-corrected chi connectivity index (χ4v) is 2.96. The molecule has 0 bridgehead atoms. The SMILES string of the molecule is CC(C)C(C(=O)O)(C(=O)O)C1CCCCC1.[H-].[H-].[Mg+2]. The van der Waals surface area contributed by atoms with E-state index in [0.717, 1.165) is 32.1 Å². The summed E-state index contributed by atoms with van der Waals surface area (Å²) in [5, 5.41) is 18.7. The zero-order valence-electron chi connectivity index (χ0n) is 12.6. The molecule has 0 aromatic carbocycles. The summed E-state index contributed by atoms with van der Waals surface area (Å²) in [4.78, 5) is 22.8. The number of hydrogen-bond acceptors (Lipinski definition) is 2. The van der Waals surface area contributed by atoms with Crippen molar-refractivity contribution in [3.05, 3.63) is 0 Å². The summed E-state index contributed by atoms with van der Waals surface area (Å²) in [5.41, 5.74) is -1.60. The Morgan fingerprint density at radius 1 is 1.12 bits per heavy atom. The monoisotopic (exact) mass is 254 g/mol. The van der Waals surface area contributed by atoms with Gasteiger partial charge in [-0.2, -0.15) is 0 Å². The predicted octanol–water partition coefficient (Wildman–Crippen LogP) is 2.22. The molecule has 0 atom stereocenters. The Bertz CT molecular complexity index is 277. The predicted molar refractivity (Wildman–Crippen MR) is 67.1 cm³/mol. The first-order valence-electron chi connectivity index (χ1n) is 5.90. The number of carbonyl (C=O) groups is 2. The van der Waals surface area contributed by atoms with Crippen LogP contribution in [0.2, 0.25) is 0 Å². The first kappa shape index (κ1) is 16.7. The fraction of sp³-hybridized carbons (Fsp3) is 0.833. The molecule has 0 saturated heterocycles. The summed E-state index contributed by atoms with van der Waals surface area (Å²) in [7, 11) is 0. The molecule has 1 fully saturated rings. The summed E-state index contributed by atoms with van der Waals surface area (Å²) >= 11 is 0. The molecule has 0 amide bonds. The van der Waals surface area contributed by atoms with Crippen molar-refractivity contribution in [3.8, 4) is 0 Å². The summed E-state index contributed by atoms with van der Waals surface area (Å²) in [6.07, 6.45) is 4.41. The molecule has 4 nitrogen and oxygen atoms in total. The maximum atomic E-state index is 11.4. The van der Waals surface area contributed by atoms with E-state index in [-0.39, 0.29) is 37.7 Å². The standard InChI is InChI=1S/C12H20O4.Mg.2H/c1-8(2)12(10(13)14,11(15)16)9-6-4-3-5-7-9;;;/h8-9H,3-7H2,1-2H3,(H,13,14)(H,15,16);;;/q;+2;2*-1. The maximum absolute atomic E-state index is 11.4. The smallest absolute Gasteiger partial charge is 1.00 e. The van der Waals surface area contributed by atoms with E-state index in [2.05, 4.69) is 0 Å². The molecule has 0 spiro atoms. The molecular weight excluding hydrogens is 232 g/mol. The van der Waals surface area contributed by atoms with E-state index in [1.54, 1.807) is 13.8 Å². The number of aliphatic carboxylic acids is 2. The molecule has 0 aliphatic heterocycles. The van der Waals surface area contributed by atoms with Gasteiger partial charge in [-0.3, -0.25) is 9.59 Å². The van der Waals surface area contributed by atoms with Gasteiger partial charge in [0.25, 0.3) is 0 Å². The van der Waals surface area contributed by atoms with Crippen molar-refractivity contribution in [2.75, 3.05) is 0 Å². The summed E-state index contributed by atoms with van der Waals surface area (Å²) in [5.74, 6) is -2.97. The topological polar surface area (TPSA) is 74.6 Å². The van der Waals surface area contributed by atoms with E-state index >= 15 is 0 Å². The second-order valence-electron chi connectivity index (χ2n) is 4.97. The molecule has 1 aliphatic carbocycles. The zero-order chi connectivity index (χ0) is 12.3. The van der Waals surface area contributed by atoms with Crippen LogP contribution in [-0.4, -0.2) is 45.2 Å². The Morgan fingerprint density at radius 3 is 1.82 bits per heavy atom. The van der Waals surface area contributed by atoms with Gasteiger partial charge in [-0.05, 0) is 24.7 Å². The van der Waals surface area contributed by atoms with E-state index < -0.39 is 17.4 Å². The molecule has 96 valence electrons. The van der Waals surface area contributed by atoms with Gasteiger partial charge in [0.05, 0.1) is 0 Å². The molecule has 5 heteroatoms. The van der Waals surface area contributed by atoms with Crippen LogP contribution in [0.15, 0.2) is 0 Å². The first-order valence-corrected chi connectivity index (χ1v) is 5.90. The van der Waals surface area contributed by atoms with Crippen molar-refractivity contribution >= 4 is 35.0 Å². The normalized spacial score (nSPS) is 17.6. The molecule has 0 radical (unpaired) electrons. The Hall–Kier alpha value is -0.294. The van der Waals surface area contributed by atoms with Crippen molar-refractivity contribution in [1.29, 1.82) is 0 Å². The van der Waals surface area contributed by atoms with Crippen LogP contribution in [0.1, 0.15) is 48.8 Å². The van der Waals surface area contributed by atoms with Crippen molar-refractivity contribution < 1.29 is 22.7 Å². The minimum Gasteiger partial charge on any atom is -1.00 e. The maximum Gasteiger partial charge on any atom is 2.00 e. The van der Waals surface area contributed by atoms with Crippen LogP contribution in [0.4, 0.5) is 0 Å². The van der Waals surface area contributed by atoms with Gasteiger partial charge < -0.3 is 13.1 Å². The second kappa shape index (κ2) is 6.59. The molecule has 0 unspecified atom stereocenters. The van der Waals surface area contributed by atoms with Gasteiger partial charge in [-0.1, -0.05) is 33.1 Å². The van der Waals surface area contributed by atoms with Crippen molar-refractivity contribution in [3.63, 3.8) is 0 Å². The summed E-state index contributed by atoms with van der Waals surface area (Å²) < 4.78 is 0. The minimum atomic E-state index is -1.60. The molecule has 0 aromatic heterocycles. The van der Waals surface area contributed by atoms with Crippen molar-refractivity contribution in [2.45, 2.75) is 46.0 Å². The Morgan fingerprint density at radius 2 is 1.53 bits per heavy atom. The molecule has 1 saturated carbocycles. The fourth-order valence-electron chi connectivity index (χ4n) is 2.96. The Labute approximate surface area is 121 Å². The van der Waals surface area contributed by atoms with Crippen molar-refractivity contribution in [2.24, 2.45) is 17.3 Å². The second-order valence-corrected chi connectivity index (χ2v) is 4.97. The molecular formula is C12H22MgO4. The number of carboxylic acid groups (broad SMARTS) is 2. The minimum absolute atomic E-state index is 0. The molecule has 17 heavy (non-hydrogen) atoms. The molecule has 0 heterocycles. The molecule has 1 rings (SSSR count). The molecule has 1 aliphatic rings. The van der Waals surface area contributed by atoms with Gasteiger partial charge in [-0.15, -0.1) is 0 Å². The van der Waals surface area contributed by atoms with E-state index in [4.69, 9.17) is 0 Å². The van der Waals surface area contributed by atoms with E-state index in [1.165, 1.54) is 0 Å². The zero-order valence-corrected chi connectivity index (χ0v) is 12.0. The van der Waals surface area contributed by atoms with Gasteiger partial charge in [0.1, 0.15) is 0 Å². The number of hydrogen-bond donors (Lipinski definition) is 2. The largest absolute Gasteiger partial charge is 2.00 e. The molecule has 0 aromatic rings. The molecule has 2 N–H and O–H groups in total. The third kappa shape index (κ3) is 2.94. The number of rotatable bonds is 4. The van der Waals surface area contributed by atoms with Gasteiger partial charge in [-0.25, -0.2) is 0 Å². The van der Waals surface area contributed by atoms with Crippen LogP contribution in [0.25, 0.3) is 0 Å². The van der Waals surface area contributed by atoms with Crippen LogP contribution in [-0.2, 0) is 9.59 Å². The Balaban J connectivity index is -0.000000853. The van der Waals surface area contributed by atoms with Gasteiger partial charge in [0.15, 0.2) is 5.41 Å². The van der Waals surface area contributed by atoms with Gasteiger partial charge >= 0.3 is 35.0 Å². The Kier molecular flexibility index (Phi) is 6.47. The average Bonchev–Trinajstić information content (AvgIpc) is 2.18. The van der Waals surface area contributed by atoms with Crippen LogP contribution in [0.5, 0.6) is 0 Å². The average molecular weight is 255 g/mol. The van der Waals surface area contributed by atoms with E-state index in [9.17, 15) is 19.8 Å².